The third-order valence-electron chi connectivity index (χ3n) is 4.85. The van der Waals surface area contributed by atoms with Crippen molar-refractivity contribution in [3.05, 3.63) is 64.2 Å². The van der Waals surface area contributed by atoms with Gasteiger partial charge in [-0.25, -0.2) is 4.79 Å². The second-order valence-electron chi connectivity index (χ2n) is 7.16. The van der Waals surface area contributed by atoms with E-state index in [-0.39, 0.29) is 12.5 Å². The van der Waals surface area contributed by atoms with Crippen LogP contribution in [0.25, 0.3) is 6.08 Å². The third kappa shape index (κ3) is 4.30. The van der Waals surface area contributed by atoms with E-state index in [0.717, 1.165) is 40.2 Å². The normalized spacial score (nSPS) is 14.4. The van der Waals surface area contributed by atoms with Crippen molar-refractivity contribution in [1.82, 2.24) is 5.32 Å². The molecule has 0 saturated heterocycles. The molecule has 0 radical (unpaired) electrons. The van der Waals surface area contributed by atoms with Gasteiger partial charge in [0.15, 0.2) is 0 Å². The highest BCUT2D eigenvalue weighted by molar-refractivity contribution is 5.71. The summed E-state index contributed by atoms with van der Waals surface area (Å²) in [6.07, 6.45) is 2.51. The number of allylic oxidation sites excluding steroid dienone is 1. The van der Waals surface area contributed by atoms with Gasteiger partial charge >= 0.3 is 6.09 Å². The van der Waals surface area contributed by atoms with E-state index in [0.29, 0.717) is 6.54 Å². The fraction of sp³-hybridized carbons (Fsp3) is 0.348. The molecular formula is C23H27NO4. The van der Waals surface area contributed by atoms with Gasteiger partial charge in [-0.3, -0.25) is 0 Å². The Morgan fingerprint density at radius 1 is 1.18 bits per heavy atom. The van der Waals surface area contributed by atoms with Gasteiger partial charge < -0.3 is 19.5 Å². The van der Waals surface area contributed by atoms with Gasteiger partial charge in [0, 0.05) is 29.2 Å². The first-order chi connectivity index (χ1) is 13.5. The molecule has 1 aliphatic rings. The summed E-state index contributed by atoms with van der Waals surface area (Å²) in [5.74, 6) is 1.91. The fourth-order valence-corrected chi connectivity index (χ4v) is 3.58. The molecule has 3 rings (SSSR count). The number of ether oxygens (including phenoxy) is 3. The third-order valence-corrected chi connectivity index (χ3v) is 4.85. The Labute approximate surface area is 166 Å². The first kappa shape index (κ1) is 19.8. The molecule has 28 heavy (non-hydrogen) atoms. The van der Waals surface area contributed by atoms with Crippen LogP contribution in [-0.4, -0.2) is 26.9 Å². The number of carbonyl (C=O) groups excluding carboxylic acids is 1. The highest BCUT2D eigenvalue weighted by atomic mass is 16.5. The summed E-state index contributed by atoms with van der Waals surface area (Å²) in [4.78, 5) is 12.0. The lowest BCUT2D eigenvalue weighted by atomic mass is 9.75. The first-order valence-electron chi connectivity index (χ1n) is 9.40. The molecule has 0 heterocycles. The largest absolute Gasteiger partial charge is 0.496 e. The van der Waals surface area contributed by atoms with E-state index in [1.165, 1.54) is 5.57 Å². The van der Waals surface area contributed by atoms with Crippen LogP contribution >= 0.6 is 0 Å². The van der Waals surface area contributed by atoms with E-state index >= 15 is 0 Å². The van der Waals surface area contributed by atoms with Crippen LogP contribution in [0.2, 0.25) is 0 Å². The van der Waals surface area contributed by atoms with E-state index in [1.807, 2.05) is 36.4 Å². The lowest BCUT2D eigenvalue weighted by Gasteiger charge is -2.34. The van der Waals surface area contributed by atoms with Crippen LogP contribution in [0.1, 0.15) is 42.0 Å². The van der Waals surface area contributed by atoms with Gasteiger partial charge in [-0.15, -0.1) is 0 Å². The van der Waals surface area contributed by atoms with E-state index in [4.69, 9.17) is 14.2 Å². The summed E-state index contributed by atoms with van der Waals surface area (Å²) in [5.41, 5.74) is 5.43. The number of methoxy groups -OCH3 is 2. The zero-order valence-electron chi connectivity index (χ0n) is 16.9. The second kappa shape index (κ2) is 8.83. The number of fused-ring (bicyclic) bond motifs is 1. The Morgan fingerprint density at radius 2 is 1.93 bits per heavy atom. The van der Waals surface area contributed by atoms with Gasteiger partial charge in [0.1, 0.15) is 18.1 Å². The number of amides is 1. The van der Waals surface area contributed by atoms with E-state index < -0.39 is 6.09 Å². The summed E-state index contributed by atoms with van der Waals surface area (Å²) < 4.78 is 16.6. The monoisotopic (exact) mass is 381 g/mol. The summed E-state index contributed by atoms with van der Waals surface area (Å²) in [6.45, 7) is 4.87. The maximum absolute atomic E-state index is 12.0. The van der Waals surface area contributed by atoms with Crippen molar-refractivity contribution in [3.63, 3.8) is 0 Å². The van der Waals surface area contributed by atoms with Crippen molar-refractivity contribution in [2.75, 3.05) is 20.8 Å². The average molecular weight is 381 g/mol. The lowest BCUT2D eigenvalue weighted by Crippen LogP contribution is -2.34. The Kier molecular flexibility index (Phi) is 6.24. The predicted molar refractivity (Wildman–Crippen MR) is 110 cm³/mol. The Balaban J connectivity index is 1.65. The van der Waals surface area contributed by atoms with Crippen molar-refractivity contribution >= 4 is 12.2 Å². The minimum Gasteiger partial charge on any atom is -0.496 e. The molecule has 1 amide bonds. The van der Waals surface area contributed by atoms with Crippen LogP contribution in [0.3, 0.4) is 0 Å². The fourth-order valence-electron chi connectivity index (χ4n) is 3.58. The molecular weight excluding hydrogens is 354 g/mol. The van der Waals surface area contributed by atoms with Gasteiger partial charge in [0.05, 0.1) is 14.2 Å². The van der Waals surface area contributed by atoms with Crippen LogP contribution in [0, 0.1) is 0 Å². The molecule has 0 bridgehead atoms. The van der Waals surface area contributed by atoms with E-state index in [9.17, 15) is 4.79 Å². The molecule has 148 valence electrons. The number of hydrogen-bond acceptors (Lipinski definition) is 4. The van der Waals surface area contributed by atoms with Gasteiger partial charge in [0.25, 0.3) is 0 Å². The molecule has 0 spiro atoms. The molecule has 0 aromatic heterocycles. The van der Waals surface area contributed by atoms with Gasteiger partial charge in [-0.1, -0.05) is 42.0 Å². The molecule has 5 nitrogen and oxygen atoms in total. The minimum absolute atomic E-state index is 0.184. The van der Waals surface area contributed by atoms with Crippen molar-refractivity contribution < 1.29 is 19.0 Å². The number of rotatable bonds is 7. The van der Waals surface area contributed by atoms with Crippen LogP contribution in [0.4, 0.5) is 4.79 Å². The topological polar surface area (TPSA) is 56.8 Å². The number of benzene rings is 2. The zero-order chi connectivity index (χ0) is 20.1. The molecule has 1 N–H and O–H groups in total. The molecule has 2 aromatic rings. The highest BCUT2D eigenvalue weighted by Gasteiger charge is 2.34. The summed E-state index contributed by atoms with van der Waals surface area (Å²) >= 11 is 0. The summed E-state index contributed by atoms with van der Waals surface area (Å²) in [5, 5.41) is 2.86. The number of nitrogens with one attached hydrogen (secondary N) is 1. The number of hydrogen-bond donors (Lipinski definition) is 1. The van der Waals surface area contributed by atoms with E-state index in [2.05, 4.69) is 25.2 Å². The maximum atomic E-state index is 12.0. The number of carbonyl (C=O) groups is 1. The maximum Gasteiger partial charge on any atom is 0.407 e. The lowest BCUT2D eigenvalue weighted by molar-refractivity contribution is 0.138. The molecule has 0 fully saturated rings. The standard InChI is InChI=1S/C23H27NO4/c1-15(2)10-17-12-20(26-3)21-18(11-19(21)22(17)27-4)13-24-23(25)28-14-16-8-6-5-7-9-16/h5-10,12,18H,11,13-14H2,1-4H3,(H,24,25). The van der Waals surface area contributed by atoms with Gasteiger partial charge in [0.2, 0.25) is 0 Å². The second-order valence-corrected chi connectivity index (χ2v) is 7.16. The zero-order valence-corrected chi connectivity index (χ0v) is 16.9. The molecule has 1 unspecified atom stereocenters. The molecule has 0 saturated carbocycles. The predicted octanol–water partition coefficient (Wildman–Crippen LogP) is 4.69. The van der Waals surface area contributed by atoms with Crippen molar-refractivity contribution in [2.24, 2.45) is 0 Å². The number of alkyl carbamates (subject to hydrolysis) is 1. The molecule has 2 aromatic carbocycles. The summed E-state index contributed by atoms with van der Waals surface area (Å²) in [6, 6.07) is 11.6. The quantitative estimate of drug-likeness (QED) is 0.756. The smallest absolute Gasteiger partial charge is 0.407 e. The van der Waals surface area contributed by atoms with Crippen LogP contribution in [0.15, 0.2) is 42.0 Å². The van der Waals surface area contributed by atoms with Crippen LogP contribution in [0.5, 0.6) is 11.5 Å². The molecule has 1 atom stereocenters. The molecule has 1 aliphatic carbocycles. The first-order valence-corrected chi connectivity index (χ1v) is 9.40. The SMILES string of the molecule is COc1cc(C=C(C)C)c(OC)c2c1C(CNC(=O)OCc1ccccc1)C2. The van der Waals surface area contributed by atoms with Crippen molar-refractivity contribution in [1.29, 1.82) is 0 Å². The Hall–Kier alpha value is -2.95. The molecule has 0 aliphatic heterocycles. The minimum atomic E-state index is -0.413. The highest BCUT2D eigenvalue weighted by Crippen LogP contribution is 2.48. The van der Waals surface area contributed by atoms with Gasteiger partial charge in [-0.2, -0.15) is 0 Å². The Bertz CT molecular complexity index is 870. The average Bonchev–Trinajstić information content (AvgIpc) is 2.67. The van der Waals surface area contributed by atoms with Crippen LogP contribution < -0.4 is 14.8 Å². The summed E-state index contributed by atoms with van der Waals surface area (Å²) in [7, 11) is 3.36. The van der Waals surface area contributed by atoms with Gasteiger partial charge in [-0.05, 0) is 31.9 Å². The Morgan fingerprint density at radius 3 is 2.57 bits per heavy atom. The molecule has 5 heteroatoms. The van der Waals surface area contributed by atoms with Crippen LogP contribution in [-0.2, 0) is 17.8 Å². The van der Waals surface area contributed by atoms with E-state index in [1.54, 1.807) is 14.2 Å². The van der Waals surface area contributed by atoms with Crippen molar-refractivity contribution in [2.45, 2.75) is 32.8 Å². The van der Waals surface area contributed by atoms with Crippen molar-refractivity contribution in [3.8, 4) is 11.5 Å².